The van der Waals surface area contributed by atoms with E-state index in [1.165, 1.54) is 0 Å². The number of aromatic nitrogens is 2. The molecule has 5 heteroatoms. The Morgan fingerprint density at radius 2 is 1.45 bits per heavy atom. The molecular weight excluding hydrogens is 362 g/mol. The van der Waals surface area contributed by atoms with Gasteiger partial charge in [0.05, 0.1) is 0 Å². The van der Waals surface area contributed by atoms with Gasteiger partial charge in [0.15, 0.2) is 5.78 Å². The third kappa shape index (κ3) is 4.84. The van der Waals surface area contributed by atoms with Gasteiger partial charge in [0.2, 0.25) is 11.8 Å². The van der Waals surface area contributed by atoms with Crippen LogP contribution < -0.4 is 10.1 Å². The summed E-state index contributed by atoms with van der Waals surface area (Å²) in [6.45, 7) is 0. The molecule has 0 aliphatic heterocycles. The van der Waals surface area contributed by atoms with Gasteiger partial charge in [-0.3, -0.25) is 4.79 Å². The van der Waals surface area contributed by atoms with Gasteiger partial charge in [-0.25, -0.2) is 4.98 Å². The van der Waals surface area contributed by atoms with Crippen molar-refractivity contribution in [3.63, 3.8) is 0 Å². The highest BCUT2D eigenvalue weighted by Crippen LogP contribution is 2.26. The van der Waals surface area contributed by atoms with Crippen molar-refractivity contribution in [3.8, 4) is 11.6 Å². The maximum absolute atomic E-state index is 12.7. The summed E-state index contributed by atoms with van der Waals surface area (Å²) in [5.74, 6) is 1.38. The maximum Gasteiger partial charge on any atom is 0.230 e. The predicted molar refractivity (Wildman–Crippen MR) is 113 cm³/mol. The molecule has 29 heavy (non-hydrogen) atoms. The van der Waals surface area contributed by atoms with Crippen LogP contribution in [0.1, 0.15) is 15.9 Å². The lowest BCUT2D eigenvalue weighted by Crippen LogP contribution is -2.08. The van der Waals surface area contributed by atoms with E-state index in [2.05, 4.69) is 15.3 Å². The minimum absolute atomic E-state index is 0.0177. The van der Waals surface area contributed by atoms with Gasteiger partial charge in [0.25, 0.3) is 0 Å². The number of benzene rings is 3. The molecule has 0 aliphatic carbocycles. The number of hydrogen-bond acceptors (Lipinski definition) is 5. The Morgan fingerprint density at radius 1 is 0.828 bits per heavy atom. The van der Waals surface area contributed by atoms with Gasteiger partial charge in [-0.05, 0) is 24.3 Å². The van der Waals surface area contributed by atoms with Crippen molar-refractivity contribution in [3.05, 3.63) is 108 Å². The highest BCUT2D eigenvalue weighted by molar-refractivity contribution is 5.97. The highest BCUT2D eigenvalue weighted by atomic mass is 16.5. The minimum atomic E-state index is -0.0177. The van der Waals surface area contributed by atoms with Crippen molar-refractivity contribution >= 4 is 17.4 Å². The van der Waals surface area contributed by atoms with Gasteiger partial charge < -0.3 is 10.1 Å². The molecule has 0 bridgehead atoms. The second kappa shape index (κ2) is 8.80. The predicted octanol–water partition coefficient (Wildman–Crippen LogP) is 5.44. The zero-order valence-electron chi connectivity index (χ0n) is 15.7. The highest BCUT2D eigenvalue weighted by Gasteiger charge is 2.15. The third-order valence-electron chi connectivity index (χ3n) is 4.26. The van der Waals surface area contributed by atoms with Crippen LogP contribution in [0.25, 0.3) is 0 Å². The number of hydrogen-bond donors (Lipinski definition) is 1. The van der Waals surface area contributed by atoms with Crippen LogP contribution in [0.2, 0.25) is 0 Å². The topological polar surface area (TPSA) is 64.1 Å². The lowest BCUT2D eigenvalue weighted by atomic mass is 10.1. The quantitative estimate of drug-likeness (QED) is 0.432. The largest absolute Gasteiger partial charge is 0.439 e. The van der Waals surface area contributed by atoms with Crippen LogP contribution in [0.3, 0.4) is 0 Å². The number of para-hydroxylation sites is 2. The number of anilines is 2. The van der Waals surface area contributed by atoms with Gasteiger partial charge in [0, 0.05) is 29.4 Å². The van der Waals surface area contributed by atoms with E-state index in [1.807, 2.05) is 78.9 Å². The van der Waals surface area contributed by atoms with Gasteiger partial charge in [0.1, 0.15) is 5.75 Å². The molecule has 1 aromatic heterocycles. The molecule has 0 aliphatic rings. The van der Waals surface area contributed by atoms with Gasteiger partial charge >= 0.3 is 0 Å². The molecule has 1 heterocycles. The number of rotatable bonds is 7. The summed E-state index contributed by atoms with van der Waals surface area (Å²) >= 11 is 0. The maximum atomic E-state index is 12.7. The smallest absolute Gasteiger partial charge is 0.230 e. The zero-order chi connectivity index (χ0) is 19.9. The van der Waals surface area contributed by atoms with E-state index in [0.29, 0.717) is 28.7 Å². The molecule has 5 nitrogen and oxygen atoms in total. The summed E-state index contributed by atoms with van der Waals surface area (Å²) in [4.78, 5) is 21.5. The summed E-state index contributed by atoms with van der Waals surface area (Å²) in [5, 5.41) is 3.16. The number of ether oxygens (including phenoxy) is 1. The number of Topliss-reactive ketones (excluding diaryl/α,β-unsaturated/α-hetero) is 1. The Kier molecular flexibility index (Phi) is 5.58. The van der Waals surface area contributed by atoms with E-state index in [4.69, 9.17) is 4.74 Å². The lowest BCUT2D eigenvalue weighted by molar-refractivity contribution is 0.0992. The standard InChI is InChI=1S/C24H19N3O2/c28-22(18-10-4-1-5-11-18)16-19-17-25-24(26-20-12-6-2-7-13-20)27-23(19)29-21-14-8-3-9-15-21/h1-15,17H,16H2,(H,25,26,27). The summed E-state index contributed by atoms with van der Waals surface area (Å²) in [7, 11) is 0. The molecule has 0 atom stereocenters. The van der Waals surface area contributed by atoms with E-state index >= 15 is 0 Å². The summed E-state index contributed by atoms with van der Waals surface area (Å²) < 4.78 is 5.98. The first kappa shape index (κ1) is 18.4. The van der Waals surface area contributed by atoms with Crippen molar-refractivity contribution in [1.82, 2.24) is 9.97 Å². The number of carbonyl (C=O) groups excluding carboxylic acids is 1. The number of ketones is 1. The average Bonchev–Trinajstić information content (AvgIpc) is 2.77. The van der Waals surface area contributed by atoms with E-state index in [-0.39, 0.29) is 12.2 Å². The average molecular weight is 381 g/mol. The Hall–Kier alpha value is -3.99. The fraction of sp³-hybridized carbons (Fsp3) is 0.0417. The van der Waals surface area contributed by atoms with E-state index < -0.39 is 0 Å². The first-order valence-corrected chi connectivity index (χ1v) is 9.27. The molecule has 0 unspecified atom stereocenters. The first-order chi connectivity index (χ1) is 14.3. The Morgan fingerprint density at radius 3 is 2.14 bits per heavy atom. The van der Waals surface area contributed by atoms with Crippen molar-refractivity contribution in [1.29, 1.82) is 0 Å². The van der Waals surface area contributed by atoms with Crippen LogP contribution in [-0.2, 0) is 6.42 Å². The second-order valence-corrected chi connectivity index (χ2v) is 6.40. The fourth-order valence-electron chi connectivity index (χ4n) is 2.81. The van der Waals surface area contributed by atoms with Crippen LogP contribution in [-0.4, -0.2) is 15.8 Å². The SMILES string of the molecule is O=C(Cc1cnc(Nc2ccccc2)nc1Oc1ccccc1)c1ccccc1. The zero-order valence-corrected chi connectivity index (χ0v) is 15.7. The van der Waals surface area contributed by atoms with Crippen LogP contribution in [0.5, 0.6) is 11.6 Å². The van der Waals surface area contributed by atoms with E-state index in [9.17, 15) is 4.79 Å². The number of nitrogens with zero attached hydrogens (tertiary/aromatic N) is 2. The molecule has 0 fully saturated rings. The summed E-state index contributed by atoms with van der Waals surface area (Å²) in [6.07, 6.45) is 1.79. The fourth-order valence-corrected chi connectivity index (χ4v) is 2.81. The Labute approximate surface area is 169 Å². The van der Waals surface area contributed by atoms with Crippen molar-refractivity contribution in [2.24, 2.45) is 0 Å². The molecule has 0 amide bonds. The monoisotopic (exact) mass is 381 g/mol. The number of carbonyl (C=O) groups is 1. The van der Waals surface area contributed by atoms with Gasteiger partial charge in [-0.2, -0.15) is 4.98 Å². The Bertz CT molecular complexity index is 1080. The van der Waals surface area contributed by atoms with Crippen LogP contribution in [0.4, 0.5) is 11.6 Å². The van der Waals surface area contributed by atoms with Crippen LogP contribution in [0.15, 0.2) is 97.2 Å². The molecule has 0 spiro atoms. The molecule has 4 rings (SSSR count). The van der Waals surface area contributed by atoms with E-state index in [1.54, 1.807) is 18.3 Å². The molecule has 3 aromatic carbocycles. The Balaban J connectivity index is 1.63. The molecule has 4 aromatic rings. The van der Waals surface area contributed by atoms with Crippen molar-refractivity contribution in [2.45, 2.75) is 6.42 Å². The minimum Gasteiger partial charge on any atom is -0.439 e. The molecule has 0 radical (unpaired) electrons. The van der Waals surface area contributed by atoms with Crippen LogP contribution >= 0.6 is 0 Å². The van der Waals surface area contributed by atoms with Crippen LogP contribution in [0, 0.1) is 0 Å². The molecular formula is C24H19N3O2. The van der Waals surface area contributed by atoms with Gasteiger partial charge in [-0.15, -0.1) is 0 Å². The second-order valence-electron chi connectivity index (χ2n) is 6.40. The normalized spacial score (nSPS) is 10.3. The molecule has 142 valence electrons. The van der Waals surface area contributed by atoms with Gasteiger partial charge in [-0.1, -0.05) is 66.7 Å². The van der Waals surface area contributed by atoms with Crippen molar-refractivity contribution < 1.29 is 9.53 Å². The molecule has 0 saturated heterocycles. The number of nitrogens with one attached hydrogen (secondary N) is 1. The van der Waals surface area contributed by atoms with Crippen molar-refractivity contribution in [2.75, 3.05) is 5.32 Å². The lowest BCUT2D eigenvalue weighted by Gasteiger charge is -2.12. The summed E-state index contributed by atoms with van der Waals surface area (Å²) in [6, 6.07) is 28.2. The summed E-state index contributed by atoms with van der Waals surface area (Å²) in [5.41, 5.74) is 2.14. The van der Waals surface area contributed by atoms with E-state index in [0.717, 1.165) is 5.69 Å². The first-order valence-electron chi connectivity index (χ1n) is 9.27. The molecule has 0 saturated carbocycles. The molecule has 1 N–H and O–H groups in total. The third-order valence-corrected chi connectivity index (χ3v) is 4.26.